The number of nitrogens with one attached hydrogen (secondary N) is 1. The van der Waals surface area contributed by atoms with Crippen LogP contribution in [0.3, 0.4) is 0 Å². The molecule has 1 N–H and O–H groups in total. The van der Waals surface area contributed by atoms with Crippen LogP contribution in [0.25, 0.3) is 0 Å². The van der Waals surface area contributed by atoms with E-state index in [0.717, 1.165) is 0 Å². The van der Waals surface area contributed by atoms with Crippen molar-refractivity contribution in [3.8, 4) is 11.5 Å². The molecule has 5 nitrogen and oxygen atoms in total. The third-order valence-electron chi connectivity index (χ3n) is 3.98. The summed E-state index contributed by atoms with van der Waals surface area (Å²) in [5, 5.41) is 3.35. The first kappa shape index (κ1) is 19.5. The molecule has 0 unspecified atom stereocenters. The summed E-state index contributed by atoms with van der Waals surface area (Å²) in [6.45, 7) is -0.110. The van der Waals surface area contributed by atoms with Gasteiger partial charge < -0.3 is 14.8 Å². The summed E-state index contributed by atoms with van der Waals surface area (Å²) < 4.78 is 10.7. The Hall–Kier alpha value is -3.31. The smallest absolute Gasteiger partial charge is 0.255 e. The van der Waals surface area contributed by atoms with Crippen molar-refractivity contribution >= 4 is 29.0 Å². The lowest BCUT2D eigenvalue weighted by Crippen LogP contribution is -2.13. The highest BCUT2D eigenvalue weighted by atomic mass is 35.5. The van der Waals surface area contributed by atoms with Gasteiger partial charge in [0.1, 0.15) is 11.5 Å². The van der Waals surface area contributed by atoms with Crippen molar-refractivity contribution in [1.82, 2.24) is 0 Å². The van der Waals surface area contributed by atoms with E-state index in [1.165, 1.54) is 0 Å². The van der Waals surface area contributed by atoms with Gasteiger partial charge in [0.15, 0.2) is 12.4 Å². The van der Waals surface area contributed by atoms with Crippen molar-refractivity contribution in [1.29, 1.82) is 0 Å². The summed E-state index contributed by atoms with van der Waals surface area (Å²) in [5.41, 5.74) is 1.59. The molecular formula is C22H18ClNO4. The zero-order valence-corrected chi connectivity index (χ0v) is 15.9. The Morgan fingerprint density at radius 1 is 0.893 bits per heavy atom. The second-order valence-corrected chi connectivity index (χ2v) is 6.37. The maximum absolute atomic E-state index is 12.3. The van der Waals surface area contributed by atoms with Crippen LogP contribution in [0.15, 0.2) is 72.8 Å². The first-order valence-electron chi connectivity index (χ1n) is 8.52. The molecule has 0 saturated heterocycles. The number of hydrogen-bond acceptors (Lipinski definition) is 4. The number of hydrogen-bond donors (Lipinski definition) is 1. The Morgan fingerprint density at radius 3 is 2.25 bits per heavy atom. The summed E-state index contributed by atoms with van der Waals surface area (Å²) in [5.74, 6) is 0.749. The van der Waals surface area contributed by atoms with Crippen LogP contribution >= 0.6 is 11.6 Å². The summed E-state index contributed by atoms with van der Waals surface area (Å²) in [7, 11) is 1.57. The Balaban J connectivity index is 1.60. The number of ether oxygens (including phenoxy) is 2. The first-order valence-corrected chi connectivity index (χ1v) is 8.90. The molecule has 0 atom stereocenters. The van der Waals surface area contributed by atoms with Crippen molar-refractivity contribution in [3.63, 3.8) is 0 Å². The predicted octanol–water partition coefficient (Wildman–Crippen LogP) is 4.86. The minimum atomic E-state index is -0.261. The van der Waals surface area contributed by atoms with Crippen LogP contribution in [0.2, 0.25) is 5.02 Å². The zero-order valence-electron chi connectivity index (χ0n) is 15.1. The van der Waals surface area contributed by atoms with Gasteiger partial charge in [-0.3, -0.25) is 9.59 Å². The summed E-state index contributed by atoms with van der Waals surface area (Å²) in [4.78, 5) is 24.5. The topological polar surface area (TPSA) is 64.6 Å². The fourth-order valence-electron chi connectivity index (χ4n) is 2.48. The van der Waals surface area contributed by atoms with E-state index in [2.05, 4.69) is 5.32 Å². The number of anilines is 1. The maximum atomic E-state index is 12.3. The first-order chi connectivity index (χ1) is 13.5. The van der Waals surface area contributed by atoms with Gasteiger partial charge in [-0.1, -0.05) is 17.7 Å². The van der Waals surface area contributed by atoms with E-state index in [-0.39, 0.29) is 18.3 Å². The van der Waals surface area contributed by atoms with Crippen molar-refractivity contribution in [2.45, 2.75) is 0 Å². The van der Waals surface area contributed by atoms with Gasteiger partial charge in [0.25, 0.3) is 5.91 Å². The zero-order chi connectivity index (χ0) is 19.9. The van der Waals surface area contributed by atoms with E-state index < -0.39 is 0 Å². The molecule has 0 aromatic heterocycles. The predicted molar refractivity (Wildman–Crippen MR) is 109 cm³/mol. The van der Waals surface area contributed by atoms with Crippen LogP contribution < -0.4 is 14.8 Å². The number of rotatable bonds is 7. The normalized spacial score (nSPS) is 10.2. The van der Waals surface area contributed by atoms with Crippen molar-refractivity contribution in [2.24, 2.45) is 0 Å². The third kappa shape index (κ3) is 5.11. The van der Waals surface area contributed by atoms with Crippen LogP contribution in [0, 0.1) is 0 Å². The number of ketones is 1. The van der Waals surface area contributed by atoms with E-state index in [4.69, 9.17) is 21.1 Å². The standard InChI is InChI=1S/C22H18ClNO4/c1-27-19-11-7-15(8-12-19)21(25)14-28-20-4-2-3-18(13-20)24-22(26)16-5-9-17(23)10-6-16/h2-13H,14H2,1H3,(H,24,26). The SMILES string of the molecule is COc1ccc(C(=O)COc2cccc(NC(=O)c3ccc(Cl)cc3)c2)cc1. The molecule has 0 bridgehead atoms. The Kier molecular flexibility index (Phi) is 6.29. The molecule has 28 heavy (non-hydrogen) atoms. The molecule has 1 amide bonds. The monoisotopic (exact) mass is 395 g/mol. The van der Waals surface area contributed by atoms with Crippen molar-refractivity contribution in [2.75, 3.05) is 19.0 Å². The molecule has 0 aliphatic heterocycles. The van der Waals surface area contributed by atoms with E-state index in [9.17, 15) is 9.59 Å². The maximum Gasteiger partial charge on any atom is 0.255 e. The van der Waals surface area contributed by atoms with Gasteiger partial charge in [-0.15, -0.1) is 0 Å². The third-order valence-corrected chi connectivity index (χ3v) is 4.23. The average Bonchev–Trinajstić information content (AvgIpc) is 2.73. The summed E-state index contributed by atoms with van der Waals surface area (Å²) >= 11 is 5.84. The molecule has 0 heterocycles. The van der Waals surface area contributed by atoms with Gasteiger partial charge in [0.05, 0.1) is 7.11 Å². The number of carbonyl (C=O) groups excluding carboxylic acids is 2. The Morgan fingerprint density at radius 2 is 1.57 bits per heavy atom. The van der Waals surface area contributed by atoms with E-state index >= 15 is 0 Å². The highest BCUT2D eigenvalue weighted by Crippen LogP contribution is 2.19. The lowest BCUT2D eigenvalue weighted by molar-refractivity contribution is 0.0920. The van der Waals surface area contributed by atoms with E-state index in [0.29, 0.717) is 33.3 Å². The minimum Gasteiger partial charge on any atom is -0.497 e. The van der Waals surface area contributed by atoms with Crippen LogP contribution in [-0.4, -0.2) is 25.4 Å². The highest BCUT2D eigenvalue weighted by molar-refractivity contribution is 6.30. The van der Waals surface area contributed by atoms with Crippen LogP contribution in [0.1, 0.15) is 20.7 Å². The second-order valence-electron chi connectivity index (χ2n) is 5.93. The van der Waals surface area contributed by atoms with Gasteiger partial charge >= 0.3 is 0 Å². The molecule has 3 aromatic carbocycles. The lowest BCUT2D eigenvalue weighted by Gasteiger charge is -2.09. The average molecular weight is 396 g/mol. The number of methoxy groups -OCH3 is 1. The molecule has 0 aliphatic carbocycles. The number of Topliss-reactive ketones (excluding diaryl/α,β-unsaturated/α-hetero) is 1. The van der Waals surface area contributed by atoms with Crippen LogP contribution in [-0.2, 0) is 0 Å². The summed E-state index contributed by atoms with van der Waals surface area (Å²) in [6, 6.07) is 20.3. The van der Waals surface area contributed by atoms with Crippen LogP contribution in [0.4, 0.5) is 5.69 Å². The van der Waals surface area contributed by atoms with Crippen LogP contribution in [0.5, 0.6) is 11.5 Å². The number of benzene rings is 3. The highest BCUT2D eigenvalue weighted by Gasteiger charge is 2.09. The molecule has 0 spiro atoms. The molecular weight excluding hydrogens is 378 g/mol. The molecule has 0 saturated carbocycles. The van der Waals surface area contributed by atoms with Gasteiger partial charge in [-0.05, 0) is 60.7 Å². The molecule has 3 rings (SSSR count). The second kappa shape index (κ2) is 9.06. The fraction of sp³-hybridized carbons (Fsp3) is 0.0909. The molecule has 6 heteroatoms. The molecule has 0 radical (unpaired) electrons. The molecule has 0 aliphatic rings. The fourth-order valence-corrected chi connectivity index (χ4v) is 2.60. The molecule has 0 fully saturated rings. The van der Waals surface area contributed by atoms with Gasteiger partial charge in [0.2, 0.25) is 0 Å². The minimum absolute atomic E-state index is 0.110. The largest absolute Gasteiger partial charge is 0.497 e. The Labute approximate surface area is 167 Å². The quantitative estimate of drug-likeness (QED) is 0.580. The van der Waals surface area contributed by atoms with Gasteiger partial charge in [0, 0.05) is 27.9 Å². The van der Waals surface area contributed by atoms with E-state index in [1.807, 2.05) is 0 Å². The number of halogens is 1. The number of amides is 1. The van der Waals surface area contributed by atoms with Crippen molar-refractivity contribution in [3.05, 3.63) is 88.9 Å². The van der Waals surface area contributed by atoms with Gasteiger partial charge in [-0.2, -0.15) is 0 Å². The molecule has 142 valence electrons. The van der Waals surface area contributed by atoms with Crippen molar-refractivity contribution < 1.29 is 19.1 Å². The Bertz CT molecular complexity index is 969. The molecule has 3 aromatic rings. The number of carbonyl (C=O) groups is 2. The lowest BCUT2D eigenvalue weighted by atomic mass is 10.1. The van der Waals surface area contributed by atoms with Gasteiger partial charge in [-0.25, -0.2) is 0 Å². The van der Waals surface area contributed by atoms with E-state index in [1.54, 1.807) is 79.9 Å². The summed E-state index contributed by atoms with van der Waals surface area (Å²) in [6.07, 6.45) is 0.